The Morgan fingerprint density at radius 3 is 2.39 bits per heavy atom. The number of benzene rings is 1. The minimum Gasteiger partial charge on any atom is -0.480 e. The molecule has 1 unspecified atom stereocenters. The van der Waals surface area contributed by atoms with Crippen molar-refractivity contribution in [2.75, 3.05) is 0 Å². The number of carboxylic acids is 1. The maximum absolute atomic E-state index is 13.1. The van der Waals surface area contributed by atoms with Crippen molar-refractivity contribution >= 4 is 27.8 Å². The largest absolute Gasteiger partial charge is 0.480 e. The molecule has 0 saturated carbocycles. The van der Waals surface area contributed by atoms with Crippen LogP contribution < -0.4 is 5.32 Å². The number of rotatable bonds is 4. The summed E-state index contributed by atoms with van der Waals surface area (Å²) in [7, 11) is 0. The van der Waals surface area contributed by atoms with Crippen LogP contribution in [0.2, 0.25) is 0 Å². The Balaban J connectivity index is 2.90. The number of aliphatic carboxylic acids is 1. The highest BCUT2D eigenvalue weighted by molar-refractivity contribution is 9.10. The molecule has 1 aromatic carbocycles. The minimum absolute atomic E-state index is 0.0776. The van der Waals surface area contributed by atoms with E-state index in [1.807, 2.05) is 0 Å². The zero-order chi connectivity index (χ0) is 13.9. The maximum Gasteiger partial charge on any atom is 0.326 e. The first kappa shape index (κ1) is 14.6. The van der Waals surface area contributed by atoms with E-state index in [9.17, 15) is 14.0 Å². The molecule has 0 spiro atoms. The van der Waals surface area contributed by atoms with Crippen molar-refractivity contribution in [2.45, 2.75) is 19.9 Å². The third kappa shape index (κ3) is 3.80. The highest BCUT2D eigenvalue weighted by Crippen LogP contribution is 2.15. The maximum atomic E-state index is 13.1. The van der Waals surface area contributed by atoms with Crippen molar-refractivity contribution in [3.63, 3.8) is 0 Å². The van der Waals surface area contributed by atoms with Gasteiger partial charge in [0.1, 0.15) is 11.9 Å². The highest BCUT2D eigenvalue weighted by atomic mass is 79.9. The number of hydrogen-bond acceptors (Lipinski definition) is 2. The van der Waals surface area contributed by atoms with Gasteiger partial charge < -0.3 is 10.4 Å². The summed E-state index contributed by atoms with van der Waals surface area (Å²) in [4.78, 5) is 22.8. The molecule has 0 aliphatic heterocycles. The van der Waals surface area contributed by atoms with Crippen LogP contribution in [0.25, 0.3) is 0 Å². The SMILES string of the molecule is CC(C)C(NC(=O)c1cc(F)cc(Br)c1)C(=O)O. The fraction of sp³-hybridized carbons (Fsp3) is 0.333. The molecule has 0 fully saturated rings. The van der Waals surface area contributed by atoms with Gasteiger partial charge in [0.2, 0.25) is 0 Å². The molecule has 6 heteroatoms. The average molecular weight is 318 g/mol. The molecule has 0 bridgehead atoms. The van der Waals surface area contributed by atoms with Crippen molar-refractivity contribution in [3.05, 3.63) is 34.1 Å². The molecule has 1 rings (SSSR count). The molecule has 0 aliphatic carbocycles. The van der Waals surface area contributed by atoms with Gasteiger partial charge in [-0.15, -0.1) is 0 Å². The Bertz CT molecular complexity index is 456. The molecule has 0 heterocycles. The number of carbonyl (C=O) groups excluding carboxylic acids is 1. The third-order valence-electron chi connectivity index (χ3n) is 2.34. The molecule has 0 aromatic heterocycles. The monoisotopic (exact) mass is 317 g/mol. The van der Waals surface area contributed by atoms with Gasteiger partial charge in [0, 0.05) is 10.0 Å². The van der Waals surface area contributed by atoms with Crippen molar-refractivity contribution in [1.82, 2.24) is 5.32 Å². The lowest BCUT2D eigenvalue weighted by Crippen LogP contribution is -2.44. The van der Waals surface area contributed by atoms with Crippen LogP contribution in [0.3, 0.4) is 0 Å². The quantitative estimate of drug-likeness (QED) is 0.896. The summed E-state index contributed by atoms with van der Waals surface area (Å²) in [6.07, 6.45) is 0. The number of halogens is 2. The van der Waals surface area contributed by atoms with Crippen molar-refractivity contribution < 1.29 is 19.1 Å². The van der Waals surface area contributed by atoms with Gasteiger partial charge in [0.15, 0.2) is 0 Å². The highest BCUT2D eigenvalue weighted by Gasteiger charge is 2.24. The molecule has 0 saturated heterocycles. The Morgan fingerprint density at radius 2 is 1.94 bits per heavy atom. The zero-order valence-corrected chi connectivity index (χ0v) is 11.5. The van der Waals surface area contributed by atoms with Crippen molar-refractivity contribution in [3.8, 4) is 0 Å². The first-order valence-electron chi connectivity index (χ1n) is 5.31. The van der Waals surface area contributed by atoms with E-state index in [1.54, 1.807) is 13.8 Å². The Morgan fingerprint density at radius 1 is 1.33 bits per heavy atom. The minimum atomic E-state index is -1.12. The Kier molecular flexibility index (Phi) is 4.84. The predicted molar refractivity (Wildman–Crippen MR) is 67.8 cm³/mol. The second kappa shape index (κ2) is 5.95. The van der Waals surface area contributed by atoms with Crippen LogP contribution in [0, 0.1) is 11.7 Å². The smallest absolute Gasteiger partial charge is 0.326 e. The zero-order valence-electron chi connectivity index (χ0n) is 9.91. The lowest BCUT2D eigenvalue weighted by molar-refractivity contribution is -0.140. The molecule has 1 amide bonds. The van der Waals surface area contributed by atoms with E-state index < -0.39 is 23.7 Å². The number of nitrogens with one attached hydrogen (secondary N) is 1. The van der Waals surface area contributed by atoms with Gasteiger partial charge in [-0.3, -0.25) is 4.79 Å². The van der Waals surface area contributed by atoms with Gasteiger partial charge in [-0.05, 0) is 24.1 Å². The van der Waals surface area contributed by atoms with Gasteiger partial charge in [0.25, 0.3) is 5.91 Å². The van der Waals surface area contributed by atoms with Gasteiger partial charge >= 0.3 is 5.97 Å². The van der Waals surface area contributed by atoms with Crippen LogP contribution >= 0.6 is 15.9 Å². The summed E-state index contributed by atoms with van der Waals surface area (Å²) < 4.78 is 13.5. The second-order valence-corrected chi connectivity index (χ2v) is 5.11. The Hall–Kier alpha value is -1.43. The van der Waals surface area contributed by atoms with Crippen LogP contribution in [0.5, 0.6) is 0 Å². The number of amides is 1. The first-order valence-corrected chi connectivity index (χ1v) is 6.10. The molecule has 1 aromatic rings. The summed E-state index contributed by atoms with van der Waals surface area (Å²) in [6.45, 7) is 3.36. The summed E-state index contributed by atoms with van der Waals surface area (Å²) >= 11 is 3.07. The van der Waals surface area contributed by atoms with Gasteiger partial charge in [0.05, 0.1) is 0 Å². The van der Waals surface area contributed by atoms with Crippen LogP contribution in [0.4, 0.5) is 4.39 Å². The molecule has 0 radical (unpaired) electrons. The topological polar surface area (TPSA) is 66.4 Å². The van der Waals surface area contributed by atoms with E-state index >= 15 is 0 Å². The predicted octanol–water partition coefficient (Wildman–Crippen LogP) is 2.43. The van der Waals surface area contributed by atoms with Crippen LogP contribution in [-0.2, 0) is 4.79 Å². The lowest BCUT2D eigenvalue weighted by Gasteiger charge is -2.17. The number of hydrogen-bond donors (Lipinski definition) is 2. The molecule has 1 atom stereocenters. The van der Waals surface area contributed by atoms with E-state index in [4.69, 9.17) is 5.11 Å². The van der Waals surface area contributed by atoms with E-state index in [0.29, 0.717) is 4.47 Å². The molecular weight excluding hydrogens is 305 g/mol. The Labute approximate surface area is 112 Å². The van der Waals surface area contributed by atoms with E-state index in [2.05, 4.69) is 21.2 Å². The number of carbonyl (C=O) groups is 2. The fourth-order valence-corrected chi connectivity index (χ4v) is 1.89. The van der Waals surface area contributed by atoms with Crippen LogP contribution in [0.1, 0.15) is 24.2 Å². The summed E-state index contributed by atoms with van der Waals surface area (Å²) in [5, 5.41) is 11.3. The lowest BCUT2D eigenvalue weighted by atomic mass is 10.0. The van der Waals surface area contributed by atoms with E-state index in [0.717, 1.165) is 6.07 Å². The molecule has 0 aliphatic rings. The standard InChI is InChI=1S/C12H13BrFNO3/c1-6(2)10(12(17)18)15-11(16)7-3-8(13)5-9(14)4-7/h3-6,10H,1-2H3,(H,15,16)(H,17,18). The fourth-order valence-electron chi connectivity index (χ4n) is 1.42. The molecule has 18 heavy (non-hydrogen) atoms. The van der Waals surface area contributed by atoms with Gasteiger partial charge in [-0.25, -0.2) is 9.18 Å². The molecule has 4 nitrogen and oxygen atoms in total. The normalized spacial score (nSPS) is 12.3. The van der Waals surface area contributed by atoms with E-state index in [1.165, 1.54) is 12.1 Å². The molecule has 98 valence electrons. The summed E-state index contributed by atoms with van der Waals surface area (Å²) in [5.74, 6) is -2.56. The van der Waals surface area contributed by atoms with E-state index in [-0.39, 0.29) is 11.5 Å². The van der Waals surface area contributed by atoms with Gasteiger partial charge in [-0.1, -0.05) is 29.8 Å². The van der Waals surface area contributed by atoms with Crippen molar-refractivity contribution in [1.29, 1.82) is 0 Å². The summed E-state index contributed by atoms with van der Waals surface area (Å²) in [6, 6.07) is 2.70. The van der Waals surface area contributed by atoms with Crippen molar-refractivity contribution in [2.24, 2.45) is 5.92 Å². The average Bonchev–Trinajstić information content (AvgIpc) is 2.23. The molecule has 2 N–H and O–H groups in total. The summed E-state index contributed by atoms with van der Waals surface area (Å²) in [5.41, 5.74) is 0.0776. The van der Waals surface area contributed by atoms with Crippen LogP contribution in [-0.4, -0.2) is 23.0 Å². The third-order valence-corrected chi connectivity index (χ3v) is 2.80. The second-order valence-electron chi connectivity index (χ2n) is 4.19. The molecular formula is C12H13BrFNO3. The first-order chi connectivity index (χ1) is 8.31. The van der Waals surface area contributed by atoms with Crippen LogP contribution in [0.15, 0.2) is 22.7 Å². The number of carboxylic acid groups (broad SMARTS) is 1. The van der Waals surface area contributed by atoms with Gasteiger partial charge in [-0.2, -0.15) is 0 Å².